The minimum Gasteiger partial charge on any atom is -0.466 e. The fourth-order valence-corrected chi connectivity index (χ4v) is 2.14. The van der Waals surface area contributed by atoms with Crippen LogP contribution in [0.5, 0.6) is 0 Å². The van der Waals surface area contributed by atoms with E-state index in [0.717, 1.165) is 4.90 Å². The Kier molecular flexibility index (Phi) is 4.47. The van der Waals surface area contributed by atoms with Gasteiger partial charge < -0.3 is 4.74 Å². The van der Waals surface area contributed by atoms with Crippen molar-refractivity contribution in [3.05, 3.63) is 29.8 Å². The fourth-order valence-electron chi connectivity index (χ4n) is 2.14. The number of ether oxygens (including phenoxy) is 1. The third-order valence-electron chi connectivity index (χ3n) is 3.13. The van der Waals surface area contributed by atoms with Crippen LogP contribution in [0.15, 0.2) is 24.3 Å². The Bertz CT molecular complexity index is 608. The zero-order chi connectivity index (χ0) is 15.4. The molecule has 0 aromatic heterocycles. The van der Waals surface area contributed by atoms with Crippen LogP contribution >= 0.6 is 0 Å². The van der Waals surface area contributed by atoms with E-state index in [1.54, 1.807) is 31.2 Å². The summed E-state index contributed by atoms with van der Waals surface area (Å²) in [6, 6.07) is 6.53. The first kappa shape index (κ1) is 14.9. The highest BCUT2D eigenvalue weighted by Crippen LogP contribution is 2.28. The summed E-state index contributed by atoms with van der Waals surface area (Å²) in [5, 5.41) is 0. The minimum absolute atomic E-state index is 0.0149. The molecule has 6 nitrogen and oxygen atoms in total. The molecule has 0 aliphatic carbocycles. The molecule has 0 atom stereocenters. The van der Waals surface area contributed by atoms with Gasteiger partial charge in [-0.15, -0.1) is 0 Å². The molecule has 0 N–H and O–H groups in total. The highest BCUT2D eigenvalue weighted by atomic mass is 16.5. The van der Waals surface area contributed by atoms with Crippen molar-refractivity contribution in [3.8, 4) is 0 Å². The first-order valence-corrected chi connectivity index (χ1v) is 6.67. The van der Waals surface area contributed by atoms with Gasteiger partial charge in [-0.1, -0.05) is 12.1 Å². The predicted molar refractivity (Wildman–Crippen MR) is 74.0 cm³/mol. The molecule has 6 heteroatoms. The number of benzene rings is 1. The number of esters is 1. The van der Waals surface area contributed by atoms with Gasteiger partial charge >= 0.3 is 5.97 Å². The molecule has 0 saturated heterocycles. The molecule has 0 saturated carbocycles. The summed E-state index contributed by atoms with van der Waals surface area (Å²) in [6.45, 7) is 1.74. The molecule has 0 spiro atoms. The van der Waals surface area contributed by atoms with E-state index in [2.05, 4.69) is 0 Å². The lowest BCUT2D eigenvalue weighted by molar-refractivity contribution is -0.144. The summed E-state index contributed by atoms with van der Waals surface area (Å²) in [7, 11) is 0. The topological polar surface area (TPSA) is 80.8 Å². The zero-order valence-electron chi connectivity index (χ0n) is 11.6. The smallest absolute Gasteiger partial charge is 0.306 e. The minimum atomic E-state index is -0.708. The summed E-state index contributed by atoms with van der Waals surface area (Å²) in [5.74, 6) is -2.06. The second-order valence-corrected chi connectivity index (χ2v) is 4.58. The SMILES string of the molecule is CCOC(=O)CCC(=O)CN1C(=O)C(=O)c2ccccc21. The average Bonchev–Trinajstić information content (AvgIpc) is 2.71. The second kappa shape index (κ2) is 6.30. The van der Waals surface area contributed by atoms with Crippen LogP contribution < -0.4 is 4.90 Å². The van der Waals surface area contributed by atoms with E-state index in [1.807, 2.05) is 0 Å². The molecule has 110 valence electrons. The molecule has 1 aromatic rings. The lowest BCUT2D eigenvalue weighted by Crippen LogP contribution is -2.34. The van der Waals surface area contributed by atoms with Gasteiger partial charge in [-0.3, -0.25) is 24.1 Å². The molecule has 1 aliphatic heterocycles. The fraction of sp³-hybridized carbons (Fsp3) is 0.333. The molecular weight excluding hydrogens is 274 g/mol. The van der Waals surface area contributed by atoms with Crippen LogP contribution in [0, 0.1) is 0 Å². The summed E-state index contributed by atoms with van der Waals surface area (Å²) in [4.78, 5) is 47.8. The van der Waals surface area contributed by atoms with Gasteiger partial charge in [0, 0.05) is 6.42 Å². The first-order valence-electron chi connectivity index (χ1n) is 6.67. The number of nitrogens with zero attached hydrogens (tertiary/aromatic N) is 1. The molecule has 2 rings (SSSR count). The number of ketones is 2. The Hall–Kier alpha value is -2.50. The van der Waals surface area contributed by atoms with Crippen molar-refractivity contribution in [1.82, 2.24) is 0 Å². The van der Waals surface area contributed by atoms with E-state index in [4.69, 9.17) is 4.74 Å². The molecule has 0 bridgehead atoms. The highest BCUT2D eigenvalue weighted by Gasteiger charge is 2.36. The van der Waals surface area contributed by atoms with E-state index in [9.17, 15) is 19.2 Å². The number of carbonyl (C=O) groups is 4. The van der Waals surface area contributed by atoms with Crippen LogP contribution in [-0.2, 0) is 19.1 Å². The number of rotatable bonds is 6. The first-order chi connectivity index (χ1) is 10.0. The Morgan fingerprint density at radius 1 is 1.14 bits per heavy atom. The number of fused-ring (bicyclic) bond motifs is 1. The highest BCUT2D eigenvalue weighted by molar-refractivity contribution is 6.52. The van der Waals surface area contributed by atoms with E-state index < -0.39 is 17.7 Å². The van der Waals surface area contributed by atoms with Gasteiger partial charge in [0.1, 0.15) is 0 Å². The van der Waals surface area contributed by atoms with E-state index in [0.29, 0.717) is 11.3 Å². The molecule has 0 unspecified atom stereocenters. The van der Waals surface area contributed by atoms with Crippen LogP contribution in [0.2, 0.25) is 0 Å². The van der Waals surface area contributed by atoms with Crippen LogP contribution in [0.4, 0.5) is 5.69 Å². The van der Waals surface area contributed by atoms with Crippen molar-refractivity contribution in [1.29, 1.82) is 0 Å². The van der Waals surface area contributed by atoms with Crippen LogP contribution in [0.3, 0.4) is 0 Å². The standard InChI is InChI=1S/C15H15NO5/c1-2-21-13(18)8-7-10(17)9-16-12-6-4-3-5-11(12)14(19)15(16)20/h3-6H,2,7-9H2,1H3. The van der Waals surface area contributed by atoms with Gasteiger partial charge in [-0.25, -0.2) is 0 Å². The van der Waals surface area contributed by atoms with Gasteiger partial charge in [-0.05, 0) is 19.1 Å². The Morgan fingerprint density at radius 2 is 1.86 bits per heavy atom. The van der Waals surface area contributed by atoms with E-state index in [1.165, 1.54) is 0 Å². The maximum Gasteiger partial charge on any atom is 0.306 e. The molecule has 1 aliphatic rings. The summed E-state index contributed by atoms with van der Waals surface area (Å²) < 4.78 is 4.73. The van der Waals surface area contributed by atoms with Gasteiger partial charge in [0.2, 0.25) is 0 Å². The molecule has 21 heavy (non-hydrogen) atoms. The lowest BCUT2D eigenvalue weighted by atomic mass is 10.1. The van der Waals surface area contributed by atoms with Gasteiger partial charge in [-0.2, -0.15) is 0 Å². The number of carbonyl (C=O) groups excluding carboxylic acids is 4. The molecule has 0 fully saturated rings. The van der Waals surface area contributed by atoms with Crippen molar-refractivity contribution in [3.63, 3.8) is 0 Å². The molecule has 1 amide bonds. The summed E-state index contributed by atoms with van der Waals surface area (Å²) in [6.07, 6.45) is -0.0384. The van der Waals surface area contributed by atoms with E-state index >= 15 is 0 Å². The molecule has 1 heterocycles. The van der Waals surface area contributed by atoms with Crippen molar-refractivity contribution < 1.29 is 23.9 Å². The maximum absolute atomic E-state index is 11.9. The number of hydrogen-bond acceptors (Lipinski definition) is 5. The normalized spacial score (nSPS) is 13.3. The summed E-state index contributed by atoms with van der Waals surface area (Å²) in [5.41, 5.74) is 0.748. The van der Waals surface area contributed by atoms with Gasteiger partial charge in [0.05, 0.1) is 30.8 Å². The molecule has 1 aromatic carbocycles. The third kappa shape index (κ3) is 3.16. The quantitative estimate of drug-likeness (QED) is 0.579. The predicted octanol–water partition coefficient (Wildman–Crippen LogP) is 1.13. The van der Waals surface area contributed by atoms with Crippen LogP contribution in [-0.4, -0.2) is 36.6 Å². The number of Topliss-reactive ketones (excluding diaryl/α,β-unsaturated/α-hetero) is 2. The van der Waals surface area contributed by atoms with Crippen LogP contribution in [0.25, 0.3) is 0 Å². The van der Waals surface area contributed by atoms with Crippen molar-refractivity contribution in [2.24, 2.45) is 0 Å². The number of amides is 1. The van der Waals surface area contributed by atoms with Crippen molar-refractivity contribution in [2.45, 2.75) is 19.8 Å². The Morgan fingerprint density at radius 3 is 2.57 bits per heavy atom. The monoisotopic (exact) mass is 289 g/mol. The number of anilines is 1. The van der Waals surface area contributed by atoms with Gasteiger partial charge in [0.25, 0.3) is 11.7 Å². The Labute approximate surface area is 121 Å². The zero-order valence-corrected chi connectivity index (χ0v) is 11.6. The van der Waals surface area contributed by atoms with Crippen molar-refractivity contribution >= 4 is 29.1 Å². The largest absolute Gasteiger partial charge is 0.466 e. The van der Waals surface area contributed by atoms with Crippen molar-refractivity contribution in [2.75, 3.05) is 18.1 Å². The lowest BCUT2D eigenvalue weighted by Gasteiger charge is -2.15. The van der Waals surface area contributed by atoms with Gasteiger partial charge in [0.15, 0.2) is 5.78 Å². The van der Waals surface area contributed by atoms with E-state index in [-0.39, 0.29) is 31.8 Å². The Balaban J connectivity index is 2.00. The average molecular weight is 289 g/mol. The maximum atomic E-state index is 11.9. The third-order valence-corrected chi connectivity index (χ3v) is 3.13. The number of hydrogen-bond donors (Lipinski definition) is 0. The summed E-state index contributed by atoms with van der Waals surface area (Å²) >= 11 is 0. The molecular formula is C15H15NO5. The molecule has 0 radical (unpaired) electrons. The second-order valence-electron chi connectivity index (χ2n) is 4.58. The number of para-hydroxylation sites is 1. The van der Waals surface area contributed by atoms with Crippen LogP contribution in [0.1, 0.15) is 30.1 Å².